The Morgan fingerprint density at radius 3 is 2.22 bits per heavy atom. The lowest BCUT2D eigenvalue weighted by atomic mass is 9.88. The molecule has 1 heterocycles. The third kappa shape index (κ3) is 2.53. The Morgan fingerprint density at radius 2 is 1.67 bits per heavy atom. The van der Waals surface area contributed by atoms with Gasteiger partial charge in [0.1, 0.15) is 0 Å². The highest BCUT2D eigenvalue weighted by atomic mass is 15.1. The lowest BCUT2D eigenvalue weighted by Gasteiger charge is -2.28. The van der Waals surface area contributed by atoms with Gasteiger partial charge in [-0.3, -0.25) is 0 Å². The van der Waals surface area contributed by atoms with Crippen molar-refractivity contribution < 1.29 is 0 Å². The minimum absolute atomic E-state index is 0.139. The smallest absolute Gasteiger partial charge is 0.169 e. The molecular formula is C14H20N4. The van der Waals surface area contributed by atoms with E-state index in [9.17, 15) is 0 Å². The summed E-state index contributed by atoms with van der Waals surface area (Å²) < 4.78 is 0. The van der Waals surface area contributed by atoms with Crippen molar-refractivity contribution in [1.82, 2.24) is 9.97 Å². The number of nitrogens with one attached hydrogen (secondary N) is 1. The van der Waals surface area contributed by atoms with Crippen LogP contribution in [0.3, 0.4) is 0 Å². The molecule has 2 aromatic rings. The molecule has 0 saturated heterocycles. The lowest BCUT2D eigenvalue weighted by molar-refractivity contribution is 0.359. The van der Waals surface area contributed by atoms with Crippen LogP contribution in [-0.4, -0.2) is 16.0 Å². The molecule has 0 amide bonds. The predicted octanol–water partition coefficient (Wildman–Crippen LogP) is 3.06. The van der Waals surface area contributed by atoms with Crippen molar-refractivity contribution in [2.45, 2.75) is 33.7 Å². The van der Waals surface area contributed by atoms with E-state index in [0.29, 0.717) is 11.6 Å². The fraction of sp³-hybridized carbons (Fsp3) is 0.429. The number of fused-ring (bicyclic) bond motifs is 1. The minimum atomic E-state index is 0.139. The largest absolute Gasteiger partial charge is 0.381 e. The van der Waals surface area contributed by atoms with Crippen molar-refractivity contribution in [1.29, 1.82) is 0 Å². The van der Waals surface area contributed by atoms with Crippen LogP contribution in [0, 0.1) is 5.41 Å². The van der Waals surface area contributed by atoms with Crippen molar-refractivity contribution in [2.24, 2.45) is 5.41 Å². The monoisotopic (exact) mass is 244 g/mol. The molecule has 4 heteroatoms. The van der Waals surface area contributed by atoms with Crippen molar-refractivity contribution >= 4 is 22.7 Å². The third-order valence-electron chi connectivity index (χ3n) is 3.25. The van der Waals surface area contributed by atoms with Gasteiger partial charge in [0, 0.05) is 6.04 Å². The molecule has 4 nitrogen and oxygen atoms in total. The van der Waals surface area contributed by atoms with Crippen molar-refractivity contribution in [3.63, 3.8) is 0 Å². The first-order chi connectivity index (χ1) is 8.38. The molecule has 0 aliphatic carbocycles. The molecule has 0 aliphatic heterocycles. The molecule has 0 fully saturated rings. The molecule has 0 saturated carbocycles. The zero-order chi connectivity index (χ0) is 13.3. The summed E-state index contributed by atoms with van der Waals surface area (Å²) in [6.07, 6.45) is 0. The fourth-order valence-corrected chi connectivity index (χ4v) is 1.54. The summed E-state index contributed by atoms with van der Waals surface area (Å²) in [6.45, 7) is 8.65. The number of nitrogens with zero attached hydrogens (tertiary/aromatic N) is 2. The van der Waals surface area contributed by atoms with Gasteiger partial charge in [0.15, 0.2) is 11.6 Å². The van der Waals surface area contributed by atoms with Gasteiger partial charge >= 0.3 is 0 Å². The first kappa shape index (κ1) is 12.6. The van der Waals surface area contributed by atoms with Gasteiger partial charge in [0.25, 0.3) is 0 Å². The summed E-state index contributed by atoms with van der Waals surface area (Å²) in [5.74, 6) is 1.11. The quantitative estimate of drug-likeness (QED) is 0.852. The molecule has 96 valence electrons. The minimum Gasteiger partial charge on any atom is -0.381 e. The molecular weight excluding hydrogens is 224 g/mol. The number of nitrogen functional groups attached to an aromatic ring is 1. The normalized spacial score (nSPS) is 13.6. The van der Waals surface area contributed by atoms with Gasteiger partial charge in [0.2, 0.25) is 0 Å². The number of para-hydroxylation sites is 2. The number of aromatic nitrogens is 2. The van der Waals surface area contributed by atoms with Crippen molar-refractivity contribution in [2.75, 3.05) is 11.1 Å². The number of anilines is 2. The number of hydrogen-bond acceptors (Lipinski definition) is 4. The van der Waals surface area contributed by atoms with Gasteiger partial charge in [-0.25, -0.2) is 9.97 Å². The summed E-state index contributed by atoms with van der Waals surface area (Å²) in [4.78, 5) is 8.89. The van der Waals surface area contributed by atoms with Crippen LogP contribution in [-0.2, 0) is 0 Å². The highest BCUT2D eigenvalue weighted by molar-refractivity contribution is 5.79. The third-order valence-corrected chi connectivity index (χ3v) is 3.25. The first-order valence-corrected chi connectivity index (χ1v) is 6.17. The van der Waals surface area contributed by atoms with Crippen LogP contribution < -0.4 is 11.1 Å². The van der Waals surface area contributed by atoms with Gasteiger partial charge in [-0.15, -0.1) is 0 Å². The zero-order valence-corrected chi connectivity index (χ0v) is 11.4. The number of nitrogens with two attached hydrogens (primary N) is 1. The maximum Gasteiger partial charge on any atom is 0.169 e. The maximum absolute atomic E-state index is 5.94. The van der Waals surface area contributed by atoms with Crippen molar-refractivity contribution in [3.05, 3.63) is 24.3 Å². The van der Waals surface area contributed by atoms with Crippen LogP contribution in [0.5, 0.6) is 0 Å². The molecule has 1 atom stereocenters. The first-order valence-electron chi connectivity index (χ1n) is 6.17. The van der Waals surface area contributed by atoms with Gasteiger partial charge < -0.3 is 11.1 Å². The second-order valence-corrected chi connectivity index (χ2v) is 5.68. The molecule has 0 aliphatic rings. The van der Waals surface area contributed by atoms with Gasteiger partial charge in [0.05, 0.1) is 11.0 Å². The Labute approximate surface area is 108 Å². The second-order valence-electron chi connectivity index (χ2n) is 5.68. The van der Waals surface area contributed by atoms with Gasteiger partial charge in [-0.05, 0) is 24.5 Å². The van der Waals surface area contributed by atoms with E-state index in [0.717, 1.165) is 11.0 Å². The molecule has 0 radical (unpaired) electrons. The lowest BCUT2D eigenvalue weighted by Crippen LogP contribution is -2.31. The molecule has 0 spiro atoms. The van der Waals surface area contributed by atoms with Crippen molar-refractivity contribution in [3.8, 4) is 0 Å². The average Bonchev–Trinajstić information content (AvgIpc) is 2.28. The summed E-state index contributed by atoms with van der Waals surface area (Å²) in [5.41, 5.74) is 7.76. The molecule has 1 aromatic carbocycles. The van der Waals surface area contributed by atoms with Crippen LogP contribution in [0.2, 0.25) is 0 Å². The number of hydrogen-bond donors (Lipinski definition) is 2. The molecule has 2 rings (SSSR count). The number of rotatable bonds is 2. The standard InChI is InChI=1S/C14H20N4/c1-9(14(2,3)4)16-13-12(15)17-10-7-5-6-8-11(10)18-13/h5-9H,1-4H3,(H2,15,17)(H,16,18). The predicted molar refractivity (Wildman–Crippen MR) is 76.5 cm³/mol. The van der Waals surface area contributed by atoms with E-state index in [1.807, 2.05) is 24.3 Å². The summed E-state index contributed by atoms with van der Waals surface area (Å²) in [6, 6.07) is 7.99. The van der Waals surface area contributed by atoms with E-state index in [1.165, 1.54) is 0 Å². The topological polar surface area (TPSA) is 63.8 Å². The Hall–Kier alpha value is -1.84. The average molecular weight is 244 g/mol. The number of benzene rings is 1. The SMILES string of the molecule is CC(Nc1nc2ccccc2nc1N)C(C)(C)C. The van der Waals surface area contributed by atoms with Gasteiger partial charge in [-0.2, -0.15) is 0 Å². The van der Waals surface area contributed by atoms with E-state index in [-0.39, 0.29) is 11.5 Å². The van der Waals surface area contributed by atoms with Crippen LogP contribution in [0.25, 0.3) is 11.0 Å². The van der Waals surface area contributed by atoms with Crippen LogP contribution in [0.1, 0.15) is 27.7 Å². The second kappa shape index (κ2) is 4.44. The van der Waals surface area contributed by atoms with Crippen LogP contribution in [0.4, 0.5) is 11.6 Å². The Kier molecular flexibility index (Phi) is 3.11. The van der Waals surface area contributed by atoms with E-state index in [1.54, 1.807) is 0 Å². The highest BCUT2D eigenvalue weighted by Crippen LogP contribution is 2.25. The molecule has 3 N–H and O–H groups in total. The van der Waals surface area contributed by atoms with Gasteiger partial charge in [-0.1, -0.05) is 32.9 Å². The molecule has 18 heavy (non-hydrogen) atoms. The molecule has 0 bridgehead atoms. The zero-order valence-electron chi connectivity index (χ0n) is 11.4. The maximum atomic E-state index is 5.94. The van der Waals surface area contributed by atoms with Crippen LogP contribution >= 0.6 is 0 Å². The summed E-state index contributed by atoms with van der Waals surface area (Å²) in [5, 5.41) is 3.34. The Morgan fingerprint density at radius 1 is 1.11 bits per heavy atom. The fourth-order valence-electron chi connectivity index (χ4n) is 1.54. The summed E-state index contributed by atoms with van der Waals surface area (Å²) in [7, 11) is 0. The molecule has 1 aromatic heterocycles. The van der Waals surface area contributed by atoms with E-state index in [4.69, 9.17) is 5.73 Å². The van der Waals surface area contributed by atoms with E-state index < -0.39 is 0 Å². The van der Waals surface area contributed by atoms with E-state index in [2.05, 4.69) is 43.0 Å². The van der Waals surface area contributed by atoms with E-state index >= 15 is 0 Å². The Balaban J connectivity index is 2.36. The molecule has 1 unspecified atom stereocenters. The highest BCUT2D eigenvalue weighted by Gasteiger charge is 2.21. The Bertz CT molecular complexity index is 557. The van der Waals surface area contributed by atoms with Crippen LogP contribution in [0.15, 0.2) is 24.3 Å². The summed E-state index contributed by atoms with van der Waals surface area (Å²) >= 11 is 0.